The van der Waals surface area contributed by atoms with E-state index in [-0.39, 0.29) is 41.3 Å². The van der Waals surface area contributed by atoms with E-state index in [1.165, 1.54) is 11.8 Å². The monoisotopic (exact) mass is 357 g/mol. The maximum absolute atomic E-state index is 12.2. The molecule has 1 aliphatic rings. The summed E-state index contributed by atoms with van der Waals surface area (Å²) in [5.74, 6) is 0.244. The zero-order chi connectivity index (χ0) is 16.1. The first-order valence-electron chi connectivity index (χ1n) is 7.48. The average Bonchev–Trinajstić information content (AvgIpc) is 2.93. The SMILES string of the molecule is Cc1ccc(NC(=O)CSC(C)C(=O)N2CC[C@@H](N)C2)cc1.Cl. The first-order valence-corrected chi connectivity index (χ1v) is 8.53. The van der Waals surface area contributed by atoms with Gasteiger partial charge in [0.1, 0.15) is 0 Å². The standard InChI is InChI=1S/C16H23N3O2S.ClH/c1-11-3-5-14(6-4-11)18-15(20)10-22-12(2)16(21)19-8-7-13(17)9-19;/h3-6,12-13H,7-10,17H2,1-2H3,(H,18,20);1H/t12?,13-;/m1./s1. The van der Waals surface area contributed by atoms with E-state index in [1.54, 1.807) is 4.90 Å². The normalized spacial score (nSPS) is 18.2. The van der Waals surface area contributed by atoms with Gasteiger partial charge in [0, 0.05) is 24.8 Å². The van der Waals surface area contributed by atoms with Gasteiger partial charge in [0.2, 0.25) is 11.8 Å². The van der Waals surface area contributed by atoms with Crippen LogP contribution in [-0.4, -0.2) is 46.8 Å². The third-order valence-electron chi connectivity index (χ3n) is 3.68. The molecule has 128 valence electrons. The molecule has 0 saturated carbocycles. The van der Waals surface area contributed by atoms with Crippen LogP contribution in [0, 0.1) is 6.92 Å². The minimum Gasteiger partial charge on any atom is -0.340 e. The Morgan fingerprint density at radius 1 is 1.39 bits per heavy atom. The molecular formula is C16H24ClN3O2S. The van der Waals surface area contributed by atoms with E-state index in [2.05, 4.69) is 5.32 Å². The average molecular weight is 358 g/mol. The molecule has 0 bridgehead atoms. The summed E-state index contributed by atoms with van der Waals surface area (Å²) >= 11 is 1.36. The maximum Gasteiger partial charge on any atom is 0.235 e. The molecule has 1 aromatic carbocycles. The van der Waals surface area contributed by atoms with Gasteiger partial charge < -0.3 is 16.0 Å². The van der Waals surface area contributed by atoms with Crippen molar-refractivity contribution in [2.45, 2.75) is 31.6 Å². The zero-order valence-corrected chi connectivity index (χ0v) is 15.1. The van der Waals surface area contributed by atoms with Gasteiger partial charge in [0.05, 0.1) is 11.0 Å². The topological polar surface area (TPSA) is 75.4 Å². The van der Waals surface area contributed by atoms with Gasteiger partial charge in [-0.1, -0.05) is 17.7 Å². The van der Waals surface area contributed by atoms with E-state index < -0.39 is 0 Å². The highest BCUT2D eigenvalue weighted by atomic mass is 35.5. The Labute approximate surface area is 147 Å². The summed E-state index contributed by atoms with van der Waals surface area (Å²) < 4.78 is 0. The summed E-state index contributed by atoms with van der Waals surface area (Å²) in [7, 11) is 0. The van der Waals surface area contributed by atoms with Crippen molar-refractivity contribution < 1.29 is 9.59 Å². The van der Waals surface area contributed by atoms with Gasteiger partial charge in [0.15, 0.2) is 0 Å². The van der Waals surface area contributed by atoms with Crippen LogP contribution in [0.2, 0.25) is 0 Å². The van der Waals surface area contributed by atoms with E-state index in [4.69, 9.17) is 5.73 Å². The summed E-state index contributed by atoms with van der Waals surface area (Å²) in [5, 5.41) is 2.61. The number of benzene rings is 1. The molecule has 2 rings (SSSR count). The summed E-state index contributed by atoms with van der Waals surface area (Å²) in [5.41, 5.74) is 7.74. The number of halogens is 1. The summed E-state index contributed by atoms with van der Waals surface area (Å²) in [6.45, 7) is 5.19. The number of amides is 2. The Bertz CT molecular complexity index is 539. The lowest BCUT2D eigenvalue weighted by molar-refractivity contribution is -0.129. The van der Waals surface area contributed by atoms with E-state index in [1.807, 2.05) is 38.1 Å². The Hall–Kier alpha value is -1.24. The van der Waals surface area contributed by atoms with Gasteiger partial charge in [-0.3, -0.25) is 9.59 Å². The molecule has 1 aromatic rings. The quantitative estimate of drug-likeness (QED) is 0.845. The van der Waals surface area contributed by atoms with E-state index in [9.17, 15) is 9.59 Å². The van der Waals surface area contributed by atoms with Crippen LogP contribution in [0.5, 0.6) is 0 Å². The molecule has 0 radical (unpaired) electrons. The number of nitrogens with one attached hydrogen (secondary N) is 1. The van der Waals surface area contributed by atoms with E-state index >= 15 is 0 Å². The number of nitrogens with two attached hydrogens (primary N) is 1. The second-order valence-corrected chi connectivity index (χ2v) is 7.03. The first-order chi connectivity index (χ1) is 10.5. The van der Waals surface area contributed by atoms with Crippen molar-refractivity contribution in [1.29, 1.82) is 0 Å². The van der Waals surface area contributed by atoms with E-state index in [0.717, 1.165) is 24.2 Å². The van der Waals surface area contributed by atoms with Crippen LogP contribution in [0.15, 0.2) is 24.3 Å². The van der Waals surface area contributed by atoms with Gasteiger partial charge in [-0.2, -0.15) is 0 Å². The number of hydrogen-bond donors (Lipinski definition) is 2. The lowest BCUT2D eigenvalue weighted by Crippen LogP contribution is -2.37. The van der Waals surface area contributed by atoms with Crippen molar-refractivity contribution in [3.05, 3.63) is 29.8 Å². The number of thioether (sulfide) groups is 1. The minimum absolute atomic E-state index is 0. The molecule has 2 amide bonds. The predicted molar refractivity (Wildman–Crippen MR) is 98.1 cm³/mol. The number of anilines is 1. The van der Waals surface area contributed by atoms with Crippen LogP contribution < -0.4 is 11.1 Å². The number of likely N-dealkylation sites (tertiary alicyclic amines) is 1. The summed E-state index contributed by atoms with van der Waals surface area (Å²) in [6, 6.07) is 7.73. The second kappa shape index (κ2) is 9.15. The number of aryl methyl sites for hydroxylation is 1. The van der Waals surface area contributed by atoms with Crippen molar-refractivity contribution >= 4 is 41.7 Å². The van der Waals surface area contributed by atoms with Crippen molar-refractivity contribution in [3.63, 3.8) is 0 Å². The largest absolute Gasteiger partial charge is 0.340 e. The summed E-state index contributed by atoms with van der Waals surface area (Å²) in [4.78, 5) is 25.9. The number of carbonyl (C=O) groups is 2. The summed E-state index contributed by atoms with van der Waals surface area (Å²) in [6.07, 6.45) is 0.858. The molecule has 1 unspecified atom stereocenters. The molecule has 0 aliphatic carbocycles. The Morgan fingerprint density at radius 3 is 2.61 bits per heavy atom. The van der Waals surface area contributed by atoms with Gasteiger partial charge in [-0.15, -0.1) is 24.2 Å². The fraction of sp³-hybridized carbons (Fsp3) is 0.500. The third kappa shape index (κ3) is 6.05. The highest BCUT2D eigenvalue weighted by molar-refractivity contribution is 8.01. The molecule has 3 N–H and O–H groups in total. The molecule has 0 aromatic heterocycles. The second-order valence-electron chi connectivity index (χ2n) is 5.70. The van der Waals surface area contributed by atoms with Crippen LogP contribution >= 0.6 is 24.2 Å². The molecular weight excluding hydrogens is 334 g/mol. The molecule has 0 spiro atoms. The van der Waals surface area contributed by atoms with Crippen LogP contribution in [-0.2, 0) is 9.59 Å². The molecule has 7 heteroatoms. The lowest BCUT2D eigenvalue weighted by atomic mass is 10.2. The third-order valence-corrected chi connectivity index (χ3v) is 4.81. The smallest absolute Gasteiger partial charge is 0.235 e. The highest BCUT2D eigenvalue weighted by Crippen LogP contribution is 2.17. The van der Waals surface area contributed by atoms with Crippen LogP contribution in [0.3, 0.4) is 0 Å². The van der Waals surface area contributed by atoms with Crippen LogP contribution in [0.4, 0.5) is 5.69 Å². The highest BCUT2D eigenvalue weighted by Gasteiger charge is 2.27. The fourth-order valence-electron chi connectivity index (χ4n) is 2.35. The van der Waals surface area contributed by atoms with Gasteiger partial charge in [-0.05, 0) is 32.4 Å². The number of nitrogens with zero attached hydrogens (tertiary/aromatic N) is 1. The van der Waals surface area contributed by atoms with Gasteiger partial charge >= 0.3 is 0 Å². The van der Waals surface area contributed by atoms with Gasteiger partial charge in [-0.25, -0.2) is 0 Å². The molecule has 1 heterocycles. The van der Waals surface area contributed by atoms with Crippen molar-refractivity contribution in [2.75, 3.05) is 24.2 Å². The van der Waals surface area contributed by atoms with Crippen molar-refractivity contribution in [2.24, 2.45) is 5.73 Å². The Kier molecular flexibility index (Phi) is 7.88. The molecule has 1 aliphatic heterocycles. The van der Waals surface area contributed by atoms with Crippen LogP contribution in [0.1, 0.15) is 18.9 Å². The number of hydrogen-bond acceptors (Lipinski definition) is 4. The maximum atomic E-state index is 12.2. The van der Waals surface area contributed by atoms with Crippen LogP contribution in [0.25, 0.3) is 0 Å². The molecule has 2 atom stereocenters. The molecule has 1 saturated heterocycles. The molecule has 1 fully saturated rings. The zero-order valence-electron chi connectivity index (χ0n) is 13.5. The Balaban J connectivity index is 0.00000264. The first kappa shape index (κ1) is 19.8. The van der Waals surface area contributed by atoms with Crippen molar-refractivity contribution in [3.8, 4) is 0 Å². The number of carbonyl (C=O) groups excluding carboxylic acids is 2. The van der Waals surface area contributed by atoms with Gasteiger partial charge in [0.25, 0.3) is 0 Å². The van der Waals surface area contributed by atoms with Crippen molar-refractivity contribution in [1.82, 2.24) is 4.90 Å². The predicted octanol–water partition coefficient (Wildman–Crippen LogP) is 2.04. The molecule has 23 heavy (non-hydrogen) atoms. The van der Waals surface area contributed by atoms with E-state index in [0.29, 0.717) is 6.54 Å². The minimum atomic E-state index is -0.228. The lowest BCUT2D eigenvalue weighted by Gasteiger charge is -2.20. The Morgan fingerprint density at radius 2 is 2.04 bits per heavy atom. The molecule has 5 nitrogen and oxygen atoms in total. The fourth-order valence-corrected chi connectivity index (χ4v) is 3.12. The number of rotatable bonds is 5.